The standard InChI is InChI=1S/C20H16FN3O2S/c21-16-5-2-1-4-15(16)17-12-27-20(22-17)23-19(26)13-7-9-14(10-8-13)24-11-3-6-18(24)25/h1-2,4-5,7-10,12H,3,6,11H2,(H,22,23,26). The van der Waals surface area contributed by atoms with E-state index in [4.69, 9.17) is 0 Å². The van der Waals surface area contributed by atoms with Gasteiger partial charge in [0.25, 0.3) is 5.91 Å². The molecule has 4 rings (SSSR count). The van der Waals surface area contributed by atoms with Crippen molar-refractivity contribution in [1.82, 2.24) is 4.98 Å². The van der Waals surface area contributed by atoms with E-state index in [1.165, 1.54) is 17.4 Å². The van der Waals surface area contributed by atoms with E-state index in [2.05, 4.69) is 10.3 Å². The van der Waals surface area contributed by atoms with Gasteiger partial charge in [0.05, 0.1) is 5.69 Å². The van der Waals surface area contributed by atoms with E-state index in [0.29, 0.717) is 34.9 Å². The quantitative estimate of drug-likeness (QED) is 0.732. The van der Waals surface area contributed by atoms with E-state index < -0.39 is 0 Å². The molecule has 2 amide bonds. The minimum absolute atomic E-state index is 0.107. The van der Waals surface area contributed by atoms with Crippen LogP contribution in [0, 0.1) is 5.82 Å². The number of anilines is 2. The van der Waals surface area contributed by atoms with Crippen molar-refractivity contribution in [3.8, 4) is 11.3 Å². The smallest absolute Gasteiger partial charge is 0.257 e. The second kappa shape index (κ2) is 7.28. The van der Waals surface area contributed by atoms with Gasteiger partial charge in [-0.3, -0.25) is 14.9 Å². The van der Waals surface area contributed by atoms with E-state index in [1.54, 1.807) is 52.7 Å². The van der Waals surface area contributed by atoms with E-state index in [0.717, 1.165) is 12.1 Å². The summed E-state index contributed by atoms with van der Waals surface area (Å²) in [7, 11) is 0. The summed E-state index contributed by atoms with van der Waals surface area (Å²) in [5, 5.41) is 4.84. The molecular formula is C20H16FN3O2S. The Bertz CT molecular complexity index is 1000. The van der Waals surface area contributed by atoms with Crippen molar-refractivity contribution in [3.05, 3.63) is 65.3 Å². The van der Waals surface area contributed by atoms with Crippen LogP contribution in [0.3, 0.4) is 0 Å². The second-order valence-corrected chi connectivity index (χ2v) is 7.03. The summed E-state index contributed by atoms with van der Waals surface area (Å²) in [6.45, 7) is 0.711. The molecule has 0 unspecified atom stereocenters. The van der Waals surface area contributed by atoms with E-state index >= 15 is 0 Å². The van der Waals surface area contributed by atoms with Crippen molar-refractivity contribution >= 4 is 34.0 Å². The van der Waals surface area contributed by atoms with Crippen molar-refractivity contribution in [3.63, 3.8) is 0 Å². The topological polar surface area (TPSA) is 62.3 Å². The number of hydrogen-bond donors (Lipinski definition) is 1. The highest BCUT2D eigenvalue weighted by atomic mass is 32.1. The van der Waals surface area contributed by atoms with Gasteiger partial charge in [-0.25, -0.2) is 9.37 Å². The van der Waals surface area contributed by atoms with Crippen molar-refractivity contribution < 1.29 is 14.0 Å². The van der Waals surface area contributed by atoms with Crippen LogP contribution in [0.15, 0.2) is 53.9 Å². The van der Waals surface area contributed by atoms with Gasteiger partial charge in [0.2, 0.25) is 5.91 Å². The third kappa shape index (κ3) is 3.59. The Balaban J connectivity index is 1.46. The molecule has 0 bridgehead atoms. The molecular weight excluding hydrogens is 365 g/mol. The summed E-state index contributed by atoms with van der Waals surface area (Å²) in [6.07, 6.45) is 1.42. The summed E-state index contributed by atoms with van der Waals surface area (Å²) in [4.78, 5) is 30.2. The van der Waals surface area contributed by atoms with Gasteiger partial charge in [-0.1, -0.05) is 12.1 Å². The average Bonchev–Trinajstić information content (AvgIpc) is 3.31. The summed E-state index contributed by atoms with van der Waals surface area (Å²) in [5.41, 5.74) is 2.14. The van der Waals surface area contributed by atoms with Gasteiger partial charge in [0.15, 0.2) is 5.13 Å². The van der Waals surface area contributed by atoms with Crippen LogP contribution < -0.4 is 10.2 Å². The maximum atomic E-state index is 13.9. The molecule has 1 aliphatic heterocycles. The molecule has 0 radical (unpaired) electrons. The second-order valence-electron chi connectivity index (χ2n) is 6.17. The third-order valence-corrected chi connectivity index (χ3v) is 5.15. The molecule has 1 aromatic heterocycles. The molecule has 0 saturated carbocycles. The van der Waals surface area contributed by atoms with Crippen LogP contribution in [-0.2, 0) is 4.79 Å². The number of benzene rings is 2. The van der Waals surface area contributed by atoms with Crippen LogP contribution >= 0.6 is 11.3 Å². The molecule has 0 aliphatic carbocycles. The summed E-state index contributed by atoms with van der Waals surface area (Å²) in [6, 6.07) is 13.3. The predicted octanol–water partition coefficient (Wildman–Crippen LogP) is 4.33. The van der Waals surface area contributed by atoms with Crippen molar-refractivity contribution in [2.24, 2.45) is 0 Å². The molecule has 27 heavy (non-hydrogen) atoms. The van der Waals surface area contributed by atoms with Gasteiger partial charge < -0.3 is 4.90 Å². The monoisotopic (exact) mass is 381 g/mol. The zero-order valence-corrected chi connectivity index (χ0v) is 15.1. The molecule has 1 aliphatic rings. The van der Waals surface area contributed by atoms with Crippen molar-refractivity contribution in [1.29, 1.82) is 0 Å². The van der Waals surface area contributed by atoms with Crippen molar-refractivity contribution in [2.45, 2.75) is 12.8 Å². The minimum atomic E-state index is -0.354. The zero-order valence-electron chi connectivity index (χ0n) is 14.3. The lowest BCUT2D eigenvalue weighted by Gasteiger charge is -2.15. The summed E-state index contributed by atoms with van der Waals surface area (Å²) in [5.74, 6) is -0.549. The number of halogens is 1. The number of thiazole rings is 1. The highest BCUT2D eigenvalue weighted by Crippen LogP contribution is 2.27. The third-order valence-electron chi connectivity index (χ3n) is 4.39. The Morgan fingerprint density at radius 3 is 2.63 bits per heavy atom. The van der Waals surface area contributed by atoms with Gasteiger partial charge in [0.1, 0.15) is 5.82 Å². The lowest BCUT2D eigenvalue weighted by Crippen LogP contribution is -2.23. The maximum absolute atomic E-state index is 13.9. The summed E-state index contributed by atoms with van der Waals surface area (Å²) >= 11 is 1.24. The Kier molecular flexibility index (Phi) is 4.68. The van der Waals surface area contributed by atoms with Gasteiger partial charge in [-0.05, 0) is 42.8 Å². The Morgan fingerprint density at radius 1 is 1.15 bits per heavy atom. The first-order chi connectivity index (χ1) is 13.1. The fourth-order valence-electron chi connectivity index (χ4n) is 3.01. The Morgan fingerprint density at radius 2 is 1.93 bits per heavy atom. The predicted molar refractivity (Wildman–Crippen MR) is 103 cm³/mol. The number of aromatic nitrogens is 1. The molecule has 1 saturated heterocycles. The molecule has 5 nitrogen and oxygen atoms in total. The van der Waals surface area contributed by atoms with Crippen LogP contribution in [-0.4, -0.2) is 23.3 Å². The van der Waals surface area contributed by atoms with E-state index in [1.807, 2.05) is 0 Å². The molecule has 2 aromatic carbocycles. The average molecular weight is 381 g/mol. The molecule has 136 valence electrons. The highest BCUT2D eigenvalue weighted by molar-refractivity contribution is 7.14. The summed E-state index contributed by atoms with van der Waals surface area (Å²) < 4.78 is 13.9. The van der Waals surface area contributed by atoms with E-state index in [-0.39, 0.29) is 17.6 Å². The molecule has 2 heterocycles. The fraction of sp³-hybridized carbons (Fsp3) is 0.150. The van der Waals surface area contributed by atoms with Gasteiger partial charge in [-0.2, -0.15) is 0 Å². The number of carbonyl (C=O) groups is 2. The lowest BCUT2D eigenvalue weighted by atomic mass is 10.1. The number of nitrogens with one attached hydrogen (secondary N) is 1. The van der Waals surface area contributed by atoms with Crippen LogP contribution in [0.5, 0.6) is 0 Å². The number of hydrogen-bond acceptors (Lipinski definition) is 4. The van der Waals surface area contributed by atoms with Crippen molar-refractivity contribution in [2.75, 3.05) is 16.8 Å². The van der Waals surface area contributed by atoms with Crippen LogP contribution in [0.4, 0.5) is 15.2 Å². The molecule has 1 N–H and O–H groups in total. The lowest BCUT2D eigenvalue weighted by molar-refractivity contribution is -0.117. The Hall–Kier alpha value is -3.06. The highest BCUT2D eigenvalue weighted by Gasteiger charge is 2.21. The largest absolute Gasteiger partial charge is 0.312 e. The SMILES string of the molecule is O=C(Nc1nc(-c2ccccc2F)cs1)c1ccc(N2CCCC2=O)cc1. The van der Waals surface area contributed by atoms with Crippen LogP contribution in [0.2, 0.25) is 0 Å². The minimum Gasteiger partial charge on any atom is -0.312 e. The fourth-order valence-corrected chi connectivity index (χ4v) is 3.71. The van der Waals surface area contributed by atoms with Crippen LogP contribution in [0.25, 0.3) is 11.3 Å². The normalized spacial score (nSPS) is 13.8. The maximum Gasteiger partial charge on any atom is 0.257 e. The van der Waals surface area contributed by atoms with Gasteiger partial charge >= 0.3 is 0 Å². The van der Waals surface area contributed by atoms with E-state index in [9.17, 15) is 14.0 Å². The number of carbonyl (C=O) groups excluding carboxylic acids is 2. The molecule has 0 spiro atoms. The number of rotatable bonds is 4. The molecule has 0 atom stereocenters. The first-order valence-electron chi connectivity index (χ1n) is 8.54. The van der Waals surface area contributed by atoms with Gasteiger partial charge in [0, 0.05) is 35.2 Å². The Labute approximate surface area is 159 Å². The van der Waals surface area contributed by atoms with Gasteiger partial charge in [-0.15, -0.1) is 11.3 Å². The number of nitrogens with zero attached hydrogens (tertiary/aromatic N) is 2. The first-order valence-corrected chi connectivity index (χ1v) is 9.42. The van der Waals surface area contributed by atoms with Crippen LogP contribution in [0.1, 0.15) is 23.2 Å². The first kappa shape index (κ1) is 17.4. The molecule has 1 fully saturated rings. The molecule has 3 aromatic rings. The molecule has 7 heteroatoms. The zero-order chi connectivity index (χ0) is 18.8. The number of amides is 2.